The number of ether oxygens (including phenoxy) is 4. The van der Waals surface area contributed by atoms with E-state index in [9.17, 15) is 4.79 Å². The molecule has 2 aromatic rings. The summed E-state index contributed by atoms with van der Waals surface area (Å²) in [5.74, 6) is 2.71. The molecule has 7 heteroatoms. The van der Waals surface area contributed by atoms with E-state index in [1.807, 2.05) is 43.3 Å². The van der Waals surface area contributed by atoms with Gasteiger partial charge in [-0.2, -0.15) is 0 Å². The van der Waals surface area contributed by atoms with Gasteiger partial charge in [0, 0.05) is 13.1 Å². The zero-order chi connectivity index (χ0) is 19.2. The van der Waals surface area contributed by atoms with Gasteiger partial charge in [0.05, 0.1) is 20.3 Å². The highest BCUT2D eigenvalue weighted by atomic mass is 16.7. The second-order valence-corrected chi connectivity index (χ2v) is 6.20. The molecule has 1 aliphatic rings. The summed E-state index contributed by atoms with van der Waals surface area (Å²) in [7, 11) is 3.20. The zero-order valence-electron chi connectivity index (χ0n) is 15.7. The van der Waals surface area contributed by atoms with E-state index in [-0.39, 0.29) is 18.7 Å². The Kier molecular flexibility index (Phi) is 6.03. The van der Waals surface area contributed by atoms with Crippen molar-refractivity contribution in [2.75, 3.05) is 21.0 Å². The van der Waals surface area contributed by atoms with Crippen LogP contribution in [0.15, 0.2) is 36.4 Å². The molecule has 0 bridgehead atoms. The standard InChI is InChI=1S/C20H24N2O5/c1-13(21-10-14-4-6-16(24-2)18(8-14)25-3)20(23)22-11-15-5-7-17-19(9-15)27-12-26-17/h4-9,13,21H,10-12H2,1-3H3,(H,22,23). The lowest BCUT2D eigenvalue weighted by molar-refractivity contribution is -0.122. The fraction of sp³-hybridized carbons (Fsp3) is 0.350. The Morgan fingerprint density at radius 3 is 2.48 bits per heavy atom. The molecule has 0 spiro atoms. The van der Waals surface area contributed by atoms with Crippen LogP contribution in [-0.4, -0.2) is 33.0 Å². The van der Waals surface area contributed by atoms with Crippen LogP contribution < -0.4 is 29.6 Å². The Balaban J connectivity index is 1.49. The van der Waals surface area contributed by atoms with Crippen molar-refractivity contribution >= 4 is 5.91 Å². The smallest absolute Gasteiger partial charge is 0.237 e. The number of benzene rings is 2. The molecule has 7 nitrogen and oxygen atoms in total. The van der Waals surface area contributed by atoms with Gasteiger partial charge in [0.2, 0.25) is 12.7 Å². The Bertz CT molecular complexity index is 809. The van der Waals surface area contributed by atoms with Crippen LogP contribution in [0.3, 0.4) is 0 Å². The van der Waals surface area contributed by atoms with Crippen molar-refractivity contribution in [1.82, 2.24) is 10.6 Å². The number of fused-ring (bicyclic) bond motifs is 1. The van der Waals surface area contributed by atoms with Gasteiger partial charge in [-0.1, -0.05) is 12.1 Å². The van der Waals surface area contributed by atoms with Crippen molar-refractivity contribution in [3.63, 3.8) is 0 Å². The lowest BCUT2D eigenvalue weighted by Crippen LogP contribution is -2.41. The minimum atomic E-state index is -0.341. The maximum atomic E-state index is 12.3. The van der Waals surface area contributed by atoms with Gasteiger partial charge >= 0.3 is 0 Å². The number of carbonyl (C=O) groups is 1. The molecule has 1 aliphatic heterocycles. The van der Waals surface area contributed by atoms with Crippen molar-refractivity contribution in [3.8, 4) is 23.0 Å². The maximum Gasteiger partial charge on any atom is 0.237 e. The van der Waals surface area contributed by atoms with Gasteiger partial charge in [-0.05, 0) is 42.3 Å². The Hall–Kier alpha value is -2.93. The summed E-state index contributed by atoms with van der Waals surface area (Å²) in [6, 6.07) is 11.0. The largest absolute Gasteiger partial charge is 0.493 e. The molecule has 2 aromatic carbocycles. The predicted molar refractivity (Wildman–Crippen MR) is 100 cm³/mol. The monoisotopic (exact) mass is 372 g/mol. The van der Waals surface area contributed by atoms with Crippen LogP contribution in [0, 0.1) is 0 Å². The number of amides is 1. The highest BCUT2D eigenvalue weighted by molar-refractivity contribution is 5.81. The van der Waals surface area contributed by atoms with Gasteiger partial charge in [-0.3, -0.25) is 4.79 Å². The summed E-state index contributed by atoms with van der Waals surface area (Å²) in [6.45, 7) is 3.04. The molecule has 144 valence electrons. The van der Waals surface area contributed by atoms with Gasteiger partial charge in [-0.15, -0.1) is 0 Å². The van der Waals surface area contributed by atoms with Crippen molar-refractivity contribution in [2.45, 2.75) is 26.1 Å². The molecule has 1 unspecified atom stereocenters. The minimum Gasteiger partial charge on any atom is -0.493 e. The van der Waals surface area contributed by atoms with Crippen LogP contribution in [0.5, 0.6) is 23.0 Å². The van der Waals surface area contributed by atoms with E-state index in [4.69, 9.17) is 18.9 Å². The number of nitrogens with one attached hydrogen (secondary N) is 2. The van der Waals surface area contributed by atoms with E-state index in [1.54, 1.807) is 14.2 Å². The third-order valence-electron chi connectivity index (χ3n) is 4.36. The topological polar surface area (TPSA) is 78.1 Å². The molecule has 0 aromatic heterocycles. The Morgan fingerprint density at radius 2 is 1.70 bits per heavy atom. The van der Waals surface area contributed by atoms with Gasteiger partial charge in [0.15, 0.2) is 23.0 Å². The highest BCUT2D eigenvalue weighted by Crippen LogP contribution is 2.32. The first kappa shape index (κ1) is 18.8. The van der Waals surface area contributed by atoms with Crippen LogP contribution in [0.25, 0.3) is 0 Å². The molecule has 0 aliphatic carbocycles. The summed E-state index contributed by atoms with van der Waals surface area (Å²) in [5.41, 5.74) is 1.96. The normalized spacial score (nSPS) is 13.1. The summed E-state index contributed by atoms with van der Waals surface area (Å²) in [6.07, 6.45) is 0. The van der Waals surface area contributed by atoms with Crippen LogP contribution in [0.4, 0.5) is 0 Å². The van der Waals surface area contributed by atoms with Crippen molar-refractivity contribution in [1.29, 1.82) is 0 Å². The second kappa shape index (κ2) is 8.64. The first-order chi connectivity index (χ1) is 13.1. The van der Waals surface area contributed by atoms with Gasteiger partial charge in [0.25, 0.3) is 0 Å². The number of methoxy groups -OCH3 is 2. The first-order valence-corrected chi connectivity index (χ1v) is 8.71. The average molecular weight is 372 g/mol. The fourth-order valence-corrected chi connectivity index (χ4v) is 2.75. The third kappa shape index (κ3) is 4.62. The molecular weight excluding hydrogens is 348 g/mol. The number of hydrogen-bond donors (Lipinski definition) is 2. The van der Waals surface area contributed by atoms with E-state index < -0.39 is 0 Å². The number of hydrogen-bond acceptors (Lipinski definition) is 6. The van der Waals surface area contributed by atoms with Crippen molar-refractivity contribution in [2.24, 2.45) is 0 Å². The molecule has 0 saturated carbocycles. The fourth-order valence-electron chi connectivity index (χ4n) is 2.75. The molecule has 1 amide bonds. The SMILES string of the molecule is COc1ccc(CNC(C)C(=O)NCc2ccc3c(c2)OCO3)cc1OC. The summed E-state index contributed by atoms with van der Waals surface area (Å²) in [5, 5.41) is 6.14. The molecule has 0 saturated heterocycles. The number of rotatable bonds is 8. The Morgan fingerprint density at radius 1 is 1.00 bits per heavy atom. The molecule has 3 rings (SSSR count). The van der Waals surface area contributed by atoms with E-state index in [0.717, 1.165) is 16.9 Å². The molecule has 0 fully saturated rings. The van der Waals surface area contributed by atoms with E-state index in [2.05, 4.69) is 10.6 Å². The van der Waals surface area contributed by atoms with Gasteiger partial charge in [-0.25, -0.2) is 0 Å². The Labute approximate surface area is 158 Å². The third-order valence-corrected chi connectivity index (χ3v) is 4.36. The summed E-state index contributed by atoms with van der Waals surface area (Å²) in [4.78, 5) is 12.3. The van der Waals surface area contributed by atoms with Crippen LogP contribution >= 0.6 is 0 Å². The van der Waals surface area contributed by atoms with Gasteiger partial charge in [0.1, 0.15) is 0 Å². The molecule has 1 atom stereocenters. The molecule has 27 heavy (non-hydrogen) atoms. The summed E-state index contributed by atoms with van der Waals surface area (Å²) >= 11 is 0. The second-order valence-electron chi connectivity index (χ2n) is 6.20. The molecule has 1 heterocycles. The molecular formula is C20H24N2O5. The maximum absolute atomic E-state index is 12.3. The first-order valence-electron chi connectivity index (χ1n) is 8.71. The van der Waals surface area contributed by atoms with Crippen LogP contribution in [0.2, 0.25) is 0 Å². The minimum absolute atomic E-state index is 0.0758. The predicted octanol–water partition coefficient (Wildman–Crippen LogP) is 2.23. The molecule has 0 radical (unpaired) electrons. The number of carbonyl (C=O) groups excluding carboxylic acids is 1. The highest BCUT2D eigenvalue weighted by Gasteiger charge is 2.15. The quantitative estimate of drug-likeness (QED) is 0.740. The lowest BCUT2D eigenvalue weighted by Gasteiger charge is -2.15. The molecule has 2 N–H and O–H groups in total. The van der Waals surface area contributed by atoms with E-state index in [0.29, 0.717) is 30.3 Å². The summed E-state index contributed by atoms with van der Waals surface area (Å²) < 4.78 is 21.2. The van der Waals surface area contributed by atoms with E-state index >= 15 is 0 Å². The van der Waals surface area contributed by atoms with E-state index in [1.165, 1.54) is 0 Å². The van der Waals surface area contributed by atoms with Crippen LogP contribution in [0.1, 0.15) is 18.1 Å². The van der Waals surface area contributed by atoms with Gasteiger partial charge < -0.3 is 29.6 Å². The zero-order valence-corrected chi connectivity index (χ0v) is 15.7. The van der Waals surface area contributed by atoms with Crippen LogP contribution in [-0.2, 0) is 17.9 Å². The van der Waals surface area contributed by atoms with Crippen molar-refractivity contribution < 1.29 is 23.7 Å². The van der Waals surface area contributed by atoms with Crippen molar-refractivity contribution in [3.05, 3.63) is 47.5 Å². The lowest BCUT2D eigenvalue weighted by atomic mass is 10.1. The average Bonchev–Trinajstić information content (AvgIpc) is 3.17.